The van der Waals surface area contributed by atoms with Crippen molar-refractivity contribution in [2.75, 3.05) is 0 Å². The molecule has 4 heteroatoms. The van der Waals surface area contributed by atoms with Crippen LogP contribution in [0.4, 0.5) is 0 Å². The normalized spacial score (nSPS) is 9.13. The second kappa shape index (κ2) is 8.17. The zero-order valence-electron chi connectivity index (χ0n) is 9.82. The van der Waals surface area contributed by atoms with Gasteiger partial charge in [0.1, 0.15) is 0 Å². The summed E-state index contributed by atoms with van der Waals surface area (Å²) in [5.41, 5.74) is 2.32. The van der Waals surface area contributed by atoms with Gasteiger partial charge in [-0.05, 0) is 6.07 Å². The third-order valence-corrected chi connectivity index (χ3v) is 2.13. The summed E-state index contributed by atoms with van der Waals surface area (Å²) in [6, 6.07) is 1.90. The molecule has 0 saturated carbocycles. The molecule has 0 atom stereocenters. The summed E-state index contributed by atoms with van der Waals surface area (Å²) in [5.74, 6) is 1.65. The molecule has 0 bridgehead atoms. The summed E-state index contributed by atoms with van der Waals surface area (Å²) in [6.07, 6.45) is 3.20. The summed E-state index contributed by atoms with van der Waals surface area (Å²) in [7, 11) is 0. The van der Waals surface area contributed by atoms with Gasteiger partial charge >= 0.3 is 0 Å². The van der Waals surface area contributed by atoms with Crippen molar-refractivity contribution in [3.8, 4) is 0 Å². The average Bonchev–Trinajstić information content (AvgIpc) is 2.03. The van der Waals surface area contributed by atoms with Crippen molar-refractivity contribution in [3.05, 3.63) is 40.7 Å². The minimum atomic E-state index is 0. The third kappa shape index (κ3) is 5.26. The summed E-state index contributed by atoms with van der Waals surface area (Å²) >= 11 is 0. The first-order chi connectivity index (χ1) is 6.02. The van der Waals surface area contributed by atoms with E-state index in [1.807, 2.05) is 19.9 Å². The maximum Gasteiger partial charge on any atom is 0.156 e. The molecule has 0 amide bonds. The standard InChI is InChI=1S/C11H16NO.2Y/c1-8(2)10-5-6-12(13)7-11(10)9(3)4;;/h5-8H,1-4H3;;/q-1;;. The van der Waals surface area contributed by atoms with E-state index in [1.54, 1.807) is 12.4 Å². The Kier molecular flexibility index (Phi) is 10.0. The van der Waals surface area contributed by atoms with E-state index >= 15 is 0 Å². The molecule has 0 N–H and O–H groups in total. The van der Waals surface area contributed by atoms with Gasteiger partial charge in [-0.2, -0.15) is 5.92 Å². The Hall–Kier alpha value is 1.03. The maximum absolute atomic E-state index is 11.1. The van der Waals surface area contributed by atoms with E-state index in [0.717, 1.165) is 10.3 Å². The number of hydrogen-bond donors (Lipinski definition) is 0. The summed E-state index contributed by atoms with van der Waals surface area (Å²) in [6.45, 7) is 8.33. The molecule has 1 aromatic heterocycles. The van der Waals surface area contributed by atoms with Gasteiger partial charge in [0.05, 0.1) is 6.20 Å². The molecule has 1 heterocycles. The van der Waals surface area contributed by atoms with Gasteiger partial charge in [-0.1, -0.05) is 33.6 Å². The van der Waals surface area contributed by atoms with Gasteiger partial charge in [-0.15, -0.1) is 11.1 Å². The smallest absolute Gasteiger partial charge is 0.156 e. The van der Waals surface area contributed by atoms with Crippen LogP contribution < -0.4 is 4.73 Å². The molecule has 0 aliphatic rings. The van der Waals surface area contributed by atoms with E-state index in [2.05, 4.69) is 13.8 Å². The van der Waals surface area contributed by atoms with Crippen LogP contribution in [0.5, 0.6) is 0 Å². The van der Waals surface area contributed by atoms with Crippen molar-refractivity contribution in [1.29, 1.82) is 0 Å². The molecule has 0 aromatic carbocycles. The molecule has 1 aromatic rings. The van der Waals surface area contributed by atoms with E-state index in [-0.39, 0.29) is 65.4 Å². The SMILES string of the molecule is C[C-](C)c1c[n+]([O-])ccc1C(C)C.[Y].[Y]. The Morgan fingerprint density at radius 1 is 1.27 bits per heavy atom. The van der Waals surface area contributed by atoms with Crippen LogP contribution in [-0.4, -0.2) is 0 Å². The first kappa shape index (κ1) is 18.4. The predicted octanol–water partition coefficient (Wildman–Crippen LogP) is 2.40. The van der Waals surface area contributed by atoms with Gasteiger partial charge in [0.25, 0.3) is 0 Å². The minimum Gasteiger partial charge on any atom is -0.630 e. The number of aromatic nitrogens is 1. The fourth-order valence-electron chi connectivity index (χ4n) is 1.41. The van der Waals surface area contributed by atoms with E-state index < -0.39 is 0 Å². The molecule has 0 saturated heterocycles. The van der Waals surface area contributed by atoms with Crippen molar-refractivity contribution in [3.63, 3.8) is 0 Å². The van der Waals surface area contributed by atoms with Crippen LogP contribution in [-0.2, 0) is 65.4 Å². The van der Waals surface area contributed by atoms with Crippen LogP contribution in [0.25, 0.3) is 0 Å². The molecule has 0 spiro atoms. The van der Waals surface area contributed by atoms with Crippen LogP contribution in [0.3, 0.4) is 0 Å². The number of hydrogen-bond acceptors (Lipinski definition) is 1. The molecule has 2 nitrogen and oxygen atoms in total. The van der Waals surface area contributed by atoms with E-state index in [1.165, 1.54) is 11.5 Å². The molecule has 0 aliphatic carbocycles. The Balaban J connectivity index is 0. The monoisotopic (exact) mass is 356 g/mol. The molecule has 2 radical (unpaired) electrons. The zero-order chi connectivity index (χ0) is 10.0. The van der Waals surface area contributed by atoms with Gasteiger partial charge < -0.3 is 5.21 Å². The first-order valence-electron chi connectivity index (χ1n) is 4.55. The molecule has 0 unspecified atom stereocenters. The van der Waals surface area contributed by atoms with Crippen molar-refractivity contribution in [2.45, 2.75) is 33.6 Å². The zero-order valence-corrected chi connectivity index (χ0v) is 15.5. The second-order valence-corrected chi connectivity index (χ2v) is 3.83. The Morgan fingerprint density at radius 2 is 1.80 bits per heavy atom. The largest absolute Gasteiger partial charge is 0.630 e. The van der Waals surface area contributed by atoms with Crippen LogP contribution in [0.15, 0.2) is 18.5 Å². The summed E-state index contributed by atoms with van der Waals surface area (Å²) in [5, 5.41) is 11.1. The van der Waals surface area contributed by atoms with E-state index in [9.17, 15) is 5.21 Å². The minimum absolute atomic E-state index is 0. The fraction of sp³-hybridized carbons (Fsp3) is 0.455. The van der Waals surface area contributed by atoms with Crippen LogP contribution in [0.2, 0.25) is 0 Å². The van der Waals surface area contributed by atoms with Crippen LogP contribution >= 0.6 is 0 Å². The molecule has 1 rings (SSSR count). The molecular weight excluding hydrogens is 340 g/mol. The van der Waals surface area contributed by atoms with Crippen molar-refractivity contribution in [1.82, 2.24) is 0 Å². The van der Waals surface area contributed by atoms with Crippen molar-refractivity contribution < 1.29 is 70.1 Å². The second-order valence-electron chi connectivity index (χ2n) is 3.83. The van der Waals surface area contributed by atoms with E-state index in [0.29, 0.717) is 5.92 Å². The van der Waals surface area contributed by atoms with Crippen molar-refractivity contribution in [2.24, 2.45) is 0 Å². The molecule has 15 heavy (non-hydrogen) atoms. The average molecular weight is 356 g/mol. The molecule has 78 valence electrons. The summed E-state index contributed by atoms with van der Waals surface area (Å²) in [4.78, 5) is 0. The first-order valence-corrected chi connectivity index (χ1v) is 4.55. The quantitative estimate of drug-likeness (QED) is 0.454. The van der Waals surface area contributed by atoms with Gasteiger partial charge in [-0.25, -0.2) is 4.73 Å². The van der Waals surface area contributed by atoms with Gasteiger partial charge in [0.15, 0.2) is 6.20 Å². The van der Waals surface area contributed by atoms with Crippen LogP contribution in [0.1, 0.15) is 44.7 Å². The predicted molar refractivity (Wildman–Crippen MR) is 53.2 cm³/mol. The Bertz CT molecular complexity index is 301. The Morgan fingerprint density at radius 3 is 2.20 bits per heavy atom. The van der Waals surface area contributed by atoms with E-state index in [4.69, 9.17) is 0 Å². The molecular formula is C11H16NOY2-. The molecule has 0 aliphatic heterocycles. The number of nitrogens with zero attached hydrogens (tertiary/aromatic N) is 1. The van der Waals surface area contributed by atoms with Gasteiger partial charge in [-0.3, -0.25) is 0 Å². The maximum atomic E-state index is 11.1. The topological polar surface area (TPSA) is 26.9 Å². The van der Waals surface area contributed by atoms with Gasteiger partial charge in [0, 0.05) is 65.4 Å². The van der Waals surface area contributed by atoms with Gasteiger partial charge in [0.2, 0.25) is 0 Å². The number of rotatable bonds is 2. The Labute approximate surface area is 143 Å². The fourth-order valence-corrected chi connectivity index (χ4v) is 1.41. The van der Waals surface area contributed by atoms with Crippen molar-refractivity contribution >= 4 is 0 Å². The molecule has 0 fully saturated rings. The van der Waals surface area contributed by atoms with Crippen LogP contribution in [0, 0.1) is 11.1 Å². The number of pyridine rings is 1. The summed E-state index contributed by atoms with van der Waals surface area (Å²) < 4.78 is 0.855. The third-order valence-electron chi connectivity index (χ3n) is 2.13.